The molecule has 1 atom stereocenters. The fraction of sp³-hybridized carbons (Fsp3) is 0.471. The molecule has 0 spiro atoms. The fourth-order valence-electron chi connectivity index (χ4n) is 2.94. The predicted molar refractivity (Wildman–Crippen MR) is 86.6 cm³/mol. The SMILES string of the molecule is Cc1nc(CNC(c2ccc3c(c2)OCCO3)C2CC2)cs1. The smallest absolute Gasteiger partial charge is 0.161 e. The van der Waals surface area contributed by atoms with Crippen molar-refractivity contribution in [3.63, 3.8) is 0 Å². The van der Waals surface area contributed by atoms with Gasteiger partial charge in [-0.25, -0.2) is 4.98 Å². The van der Waals surface area contributed by atoms with Gasteiger partial charge in [-0.05, 0) is 43.4 Å². The van der Waals surface area contributed by atoms with E-state index >= 15 is 0 Å². The summed E-state index contributed by atoms with van der Waals surface area (Å²) < 4.78 is 11.3. The van der Waals surface area contributed by atoms with E-state index < -0.39 is 0 Å². The Morgan fingerprint density at radius 1 is 1.27 bits per heavy atom. The van der Waals surface area contributed by atoms with Crippen molar-refractivity contribution in [1.29, 1.82) is 0 Å². The van der Waals surface area contributed by atoms with Crippen LogP contribution in [0, 0.1) is 12.8 Å². The van der Waals surface area contributed by atoms with Crippen molar-refractivity contribution in [2.45, 2.75) is 32.4 Å². The minimum Gasteiger partial charge on any atom is -0.486 e. The maximum Gasteiger partial charge on any atom is 0.161 e. The molecule has 4 nitrogen and oxygen atoms in total. The molecule has 2 aliphatic rings. The molecule has 0 bridgehead atoms. The van der Waals surface area contributed by atoms with Gasteiger partial charge in [0, 0.05) is 18.0 Å². The Morgan fingerprint density at radius 2 is 2.09 bits per heavy atom. The molecular weight excluding hydrogens is 296 g/mol. The third-order valence-corrected chi connectivity index (χ3v) is 5.01. The molecule has 1 aromatic heterocycles. The number of fused-ring (bicyclic) bond motifs is 1. The van der Waals surface area contributed by atoms with E-state index in [0.29, 0.717) is 19.3 Å². The van der Waals surface area contributed by atoms with E-state index in [4.69, 9.17) is 9.47 Å². The second-order valence-electron chi connectivity index (χ2n) is 5.96. The molecule has 2 aromatic rings. The van der Waals surface area contributed by atoms with Crippen molar-refractivity contribution in [3.8, 4) is 11.5 Å². The standard InChI is InChI=1S/C17H20N2O2S/c1-11-19-14(10-22-11)9-18-17(12-2-3-12)13-4-5-15-16(8-13)21-7-6-20-15/h4-5,8,10,12,17-18H,2-3,6-7,9H2,1H3. The number of hydrogen-bond acceptors (Lipinski definition) is 5. The first-order chi connectivity index (χ1) is 10.8. The van der Waals surface area contributed by atoms with E-state index in [1.165, 1.54) is 18.4 Å². The Hall–Kier alpha value is -1.59. The van der Waals surface area contributed by atoms with Crippen molar-refractivity contribution >= 4 is 11.3 Å². The lowest BCUT2D eigenvalue weighted by atomic mass is 10.0. The van der Waals surface area contributed by atoms with Gasteiger partial charge in [0.25, 0.3) is 0 Å². The molecule has 5 heteroatoms. The Morgan fingerprint density at radius 3 is 2.82 bits per heavy atom. The van der Waals surface area contributed by atoms with Gasteiger partial charge in [-0.3, -0.25) is 0 Å². The van der Waals surface area contributed by atoms with E-state index in [9.17, 15) is 0 Å². The molecule has 1 aromatic carbocycles. The average molecular weight is 316 g/mol. The summed E-state index contributed by atoms with van der Waals surface area (Å²) in [5, 5.41) is 6.94. The van der Waals surface area contributed by atoms with Crippen LogP contribution in [-0.4, -0.2) is 18.2 Å². The van der Waals surface area contributed by atoms with Crippen LogP contribution < -0.4 is 14.8 Å². The maximum absolute atomic E-state index is 5.72. The summed E-state index contributed by atoms with van der Waals surface area (Å²) in [7, 11) is 0. The van der Waals surface area contributed by atoms with Gasteiger partial charge in [0.1, 0.15) is 13.2 Å². The largest absolute Gasteiger partial charge is 0.486 e. The molecular formula is C17H20N2O2S. The summed E-state index contributed by atoms with van der Waals surface area (Å²) in [6.07, 6.45) is 2.59. The number of hydrogen-bond donors (Lipinski definition) is 1. The van der Waals surface area contributed by atoms with E-state index in [1.807, 2.05) is 13.0 Å². The molecule has 1 N–H and O–H groups in total. The Kier molecular flexibility index (Phi) is 3.76. The monoisotopic (exact) mass is 316 g/mol. The molecule has 0 saturated heterocycles. The van der Waals surface area contributed by atoms with E-state index in [2.05, 4.69) is 27.8 Å². The Labute approximate surface area is 134 Å². The first-order valence-electron chi connectivity index (χ1n) is 7.83. The summed E-state index contributed by atoms with van der Waals surface area (Å²) in [5.74, 6) is 2.46. The quantitative estimate of drug-likeness (QED) is 0.917. The second kappa shape index (κ2) is 5.89. The lowest BCUT2D eigenvalue weighted by Gasteiger charge is -2.23. The number of thiazole rings is 1. The van der Waals surface area contributed by atoms with Gasteiger partial charge in [0.05, 0.1) is 10.7 Å². The van der Waals surface area contributed by atoms with Crippen LogP contribution in [0.1, 0.15) is 35.1 Å². The van der Waals surface area contributed by atoms with Crippen molar-refractivity contribution in [1.82, 2.24) is 10.3 Å². The zero-order valence-corrected chi connectivity index (χ0v) is 13.5. The van der Waals surface area contributed by atoms with Crippen LogP contribution in [0.5, 0.6) is 11.5 Å². The van der Waals surface area contributed by atoms with Crippen molar-refractivity contribution in [3.05, 3.63) is 39.8 Å². The Balaban J connectivity index is 1.51. The van der Waals surface area contributed by atoms with Gasteiger partial charge in [-0.1, -0.05) is 6.07 Å². The van der Waals surface area contributed by atoms with Crippen LogP contribution in [0.4, 0.5) is 0 Å². The summed E-state index contributed by atoms with van der Waals surface area (Å²) in [6, 6.07) is 6.71. The first kappa shape index (κ1) is 14.0. The van der Waals surface area contributed by atoms with E-state index in [0.717, 1.165) is 34.7 Å². The van der Waals surface area contributed by atoms with Crippen LogP contribution in [0.15, 0.2) is 23.6 Å². The fourth-order valence-corrected chi connectivity index (χ4v) is 3.56. The molecule has 1 aliphatic heterocycles. The summed E-state index contributed by atoms with van der Waals surface area (Å²) >= 11 is 1.71. The highest BCUT2D eigenvalue weighted by Crippen LogP contribution is 2.43. The van der Waals surface area contributed by atoms with Crippen molar-refractivity contribution < 1.29 is 9.47 Å². The summed E-state index contributed by atoms with van der Waals surface area (Å²) in [5.41, 5.74) is 2.42. The molecule has 0 amide bonds. The number of ether oxygens (including phenoxy) is 2. The lowest BCUT2D eigenvalue weighted by Crippen LogP contribution is -2.23. The highest BCUT2D eigenvalue weighted by molar-refractivity contribution is 7.09. The van der Waals surface area contributed by atoms with Crippen molar-refractivity contribution in [2.75, 3.05) is 13.2 Å². The van der Waals surface area contributed by atoms with Crippen LogP contribution in [0.25, 0.3) is 0 Å². The lowest BCUT2D eigenvalue weighted by molar-refractivity contribution is 0.171. The normalized spacial score (nSPS) is 18.2. The number of benzene rings is 1. The summed E-state index contributed by atoms with van der Waals surface area (Å²) in [6.45, 7) is 4.14. The molecule has 0 radical (unpaired) electrons. The molecule has 2 heterocycles. The van der Waals surface area contributed by atoms with Crippen LogP contribution in [0.3, 0.4) is 0 Å². The van der Waals surface area contributed by atoms with Gasteiger partial charge < -0.3 is 14.8 Å². The molecule has 4 rings (SSSR count). The summed E-state index contributed by atoms with van der Waals surface area (Å²) in [4.78, 5) is 4.54. The van der Waals surface area contributed by atoms with Gasteiger partial charge in [-0.2, -0.15) is 0 Å². The second-order valence-corrected chi connectivity index (χ2v) is 7.02. The molecule has 116 valence electrons. The number of aryl methyl sites for hydroxylation is 1. The van der Waals surface area contributed by atoms with E-state index in [-0.39, 0.29) is 0 Å². The van der Waals surface area contributed by atoms with Gasteiger partial charge in [0.2, 0.25) is 0 Å². The minimum absolute atomic E-state index is 0.373. The average Bonchev–Trinajstić information content (AvgIpc) is 3.29. The van der Waals surface area contributed by atoms with E-state index in [1.54, 1.807) is 11.3 Å². The third-order valence-electron chi connectivity index (χ3n) is 4.19. The highest BCUT2D eigenvalue weighted by Gasteiger charge is 2.32. The van der Waals surface area contributed by atoms with Crippen LogP contribution in [-0.2, 0) is 6.54 Å². The molecule has 1 unspecified atom stereocenters. The molecule has 1 fully saturated rings. The third kappa shape index (κ3) is 2.96. The minimum atomic E-state index is 0.373. The zero-order valence-electron chi connectivity index (χ0n) is 12.7. The zero-order chi connectivity index (χ0) is 14.9. The molecule has 1 aliphatic carbocycles. The predicted octanol–water partition coefficient (Wildman–Crippen LogP) is 3.46. The molecule has 1 saturated carbocycles. The molecule has 22 heavy (non-hydrogen) atoms. The van der Waals surface area contributed by atoms with Crippen LogP contribution in [0.2, 0.25) is 0 Å². The number of aromatic nitrogens is 1. The number of rotatable bonds is 5. The van der Waals surface area contributed by atoms with Gasteiger partial charge in [-0.15, -0.1) is 11.3 Å². The highest BCUT2D eigenvalue weighted by atomic mass is 32.1. The maximum atomic E-state index is 5.72. The van der Waals surface area contributed by atoms with Gasteiger partial charge >= 0.3 is 0 Å². The first-order valence-corrected chi connectivity index (χ1v) is 8.71. The topological polar surface area (TPSA) is 43.4 Å². The number of nitrogens with zero attached hydrogens (tertiary/aromatic N) is 1. The van der Waals surface area contributed by atoms with Crippen molar-refractivity contribution in [2.24, 2.45) is 5.92 Å². The number of nitrogens with one attached hydrogen (secondary N) is 1. The van der Waals surface area contributed by atoms with Gasteiger partial charge in [0.15, 0.2) is 11.5 Å². The Bertz CT molecular complexity index is 666. The van der Waals surface area contributed by atoms with Crippen LogP contribution >= 0.6 is 11.3 Å².